The fourth-order valence-electron chi connectivity index (χ4n) is 2.45. The van der Waals surface area contributed by atoms with E-state index < -0.39 is 9.84 Å². The average Bonchev–Trinajstić information content (AvgIpc) is 2.37. The van der Waals surface area contributed by atoms with Gasteiger partial charge in [0.25, 0.3) is 0 Å². The van der Waals surface area contributed by atoms with E-state index in [1.807, 2.05) is 31.2 Å². The number of sulfone groups is 1. The molecule has 0 unspecified atom stereocenters. The topological polar surface area (TPSA) is 34.1 Å². The molecular weight excluding hydrogens is 232 g/mol. The minimum atomic E-state index is -3.33. The van der Waals surface area contributed by atoms with Gasteiger partial charge in [0.05, 0.1) is 9.79 Å². The normalized spacial score (nSPS) is 17.2. The molecule has 1 aliphatic rings. The number of benzene rings is 2. The van der Waals surface area contributed by atoms with Gasteiger partial charge in [-0.3, -0.25) is 0 Å². The molecule has 0 radical (unpaired) electrons. The van der Waals surface area contributed by atoms with E-state index in [4.69, 9.17) is 0 Å². The van der Waals surface area contributed by atoms with Gasteiger partial charge in [0.2, 0.25) is 9.84 Å². The molecule has 0 atom stereocenters. The third-order valence-electron chi connectivity index (χ3n) is 3.35. The summed E-state index contributed by atoms with van der Waals surface area (Å²) in [5, 5.41) is 0. The monoisotopic (exact) mass is 244 g/mol. The minimum absolute atomic E-state index is 0.130. The van der Waals surface area contributed by atoms with Crippen molar-refractivity contribution in [3.63, 3.8) is 0 Å². The van der Waals surface area contributed by atoms with Gasteiger partial charge in [-0.2, -0.15) is 0 Å². The molecule has 17 heavy (non-hydrogen) atoms. The Morgan fingerprint density at radius 2 is 1.24 bits per heavy atom. The van der Waals surface area contributed by atoms with Gasteiger partial charge in [-0.25, -0.2) is 8.42 Å². The molecule has 0 aliphatic carbocycles. The molecule has 1 heterocycles. The zero-order valence-electron chi connectivity index (χ0n) is 9.42. The van der Waals surface area contributed by atoms with Crippen LogP contribution in [0, 0.1) is 0 Å². The van der Waals surface area contributed by atoms with Gasteiger partial charge in [-0.05, 0) is 23.3 Å². The SMILES string of the molecule is CC1c2ccccc2S(=O)(=O)c2ccccc21. The van der Waals surface area contributed by atoms with Gasteiger partial charge < -0.3 is 0 Å². The summed E-state index contributed by atoms with van der Waals surface area (Å²) in [7, 11) is -3.33. The molecule has 0 saturated carbocycles. The summed E-state index contributed by atoms with van der Waals surface area (Å²) in [6, 6.07) is 14.5. The Morgan fingerprint density at radius 1 is 0.824 bits per heavy atom. The summed E-state index contributed by atoms with van der Waals surface area (Å²) < 4.78 is 24.9. The van der Waals surface area contributed by atoms with Crippen molar-refractivity contribution in [2.45, 2.75) is 22.6 Å². The second kappa shape index (κ2) is 3.44. The molecule has 1 aliphatic heterocycles. The summed E-state index contributed by atoms with van der Waals surface area (Å²) in [5.41, 5.74) is 1.79. The largest absolute Gasteiger partial charge is 0.218 e. The third kappa shape index (κ3) is 1.35. The molecule has 86 valence electrons. The van der Waals surface area contributed by atoms with Crippen LogP contribution in [-0.2, 0) is 9.84 Å². The van der Waals surface area contributed by atoms with E-state index in [9.17, 15) is 8.42 Å². The number of hydrogen-bond acceptors (Lipinski definition) is 2. The highest BCUT2D eigenvalue weighted by Crippen LogP contribution is 2.40. The van der Waals surface area contributed by atoms with Crippen molar-refractivity contribution in [2.24, 2.45) is 0 Å². The molecule has 2 aromatic rings. The maximum absolute atomic E-state index is 12.4. The van der Waals surface area contributed by atoms with Gasteiger partial charge in [0.1, 0.15) is 0 Å². The molecule has 0 fully saturated rings. The van der Waals surface area contributed by atoms with Crippen LogP contribution in [0.15, 0.2) is 58.3 Å². The zero-order chi connectivity index (χ0) is 12.0. The highest BCUT2D eigenvalue weighted by molar-refractivity contribution is 7.91. The first-order valence-electron chi connectivity index (χ1n) is 5.55. The van der Waals surface area contributed by atoms with Crippen LogP contribution in [0.25, 0.3) is 0 Å². The zero-order valence-corrected chi connectivity index (χ0v) is 10.2. The summed E-state index contributed by atoms with van der Waals surface area (Å²) in [4.78, 5) is 0.900. The smallest absolute Gasteiger partial charge is 0.207 e. The van der Waals surface area contributed by atoms with Crippen LogP contribution < -0.4 is 0 Å². The maximum Gasteiger partial charge on any atom is 0.207 e. The predicted molar refractivity (Wildman–Crippen MR) is 65.9 cm³/mol. The first-order valence-corrected chi connectivity index (χ1v) is 7.03. The van der Waals surface area contributed by atoms with Gasteiger partial charge >= 0.3 is 0 Å². The Labute approximate surface area is 101 Å². The summed E-state index contributed by atoms with van der Waals surface area (Å²) in [5.74, 6) is 0.130. The van der Waals surface area contributed by atoms with Crippen LogP contribution in [0.4, 0.5) is 0 Å². The molecule has 0 N–H and O–H groups in total. The second-order valence-corrected chi connectivity index (χ2v) is 6.19. The van der Waals surface area contributed by atoms with Gasteiger partial charge in [0.15, 0.2) is 0 Å². The molecule has 2 aromatic carbocycles. The van der Waals surface area contributed by atoms with Crippen LogP contribution in [0.3, 0.4) is 0 Å². The van der Waals surface area contributed by atoms with Crippen molar-refractivity contribution in [3.8, 4) is 0 Å². The average molecular weight is 244 g/mol. The lowest BCUT2D eigenvalue weighted by Gasteiger charge is -2.25. The summed E-state index contributed by atoms with van der Waals surface area (Å²) in [6.45, 7) is 2.05. The molecule has 3 rings (SSSR count). The van der Waals surface area contributed by atoms with E-state index in [2.05, 4.69) is 0 Å². The molecule has 2 nitrogen and oxygen atoms in total. The quantitative estimate of drug-likeness (QED) is 0.714. The lowest BCUT2D eigenvalue weighted by molar-refractivity contribution is 0.588. The number of hydrogen-bond donors (Lipinski definition) is 0. The Hall–Kier alpha value is -1.61. The van der Waals surface area contributed by atoms with Crippen LogP contribution in [0.5, 0.6) is 0 Å². The molecule has 0 amide bonds. The Kier molecular flexibility index (Phi) is 2.13. The molecular formula is C14H12O2S. The van der Waals surface area contributed by atoms with Crippen molar-refractivity contribution >= 4 is 9.84 Å². The van der Waals surface area contributed by atoms with Crippen molar-refractivity contribution in [1.82, 2.24) is 0 Å². The molecule has 0 bridgehead atoms. The highest BCUT2D eigenvalue weighted by atomic mass is 32.2. The molecule has 0 aromatic heterocycles. The van der Waals surface area contributed by atoms with Crippen molar-refractivity contribution in [1.29, 1.82) is 0 Å². The van der Waals surface area contributed by atoms with Crippen molar-refractivity contribution in [3.05, 3.63) is 59.7 Å². The van der Waals surface area contributed by atoms with Gasteiger partial charge in [-0.1, -0.05) is 43.3 Å². The van der Waals surface area contributed by atoms with Crippen LogP contribution in [-0.4, -0.2) is 8.42 Å². The molecule has 0 spiro atoms. The van der Waals surface area contributed by atoms with Crippen molar-refractivity contribution in [2.75, 3.05) is 0 Å². The first kappa shape index (κ1) is 10.5. The fraction of sp³-hybridized carbons (Fsp3) is 0.143. The molecule has 0 saturated heterocycles. The van der Waals surface area contributed by atoms with E-state index in [-0.39, 0.29) is 5.92 Å². The maximum atomic E-state index is 12.4. The van der Waals surface area contributed by atoms with E-state index in [1.54, 1.807) is 24.3 Å². The van der Waals surface area contributed by atoms with Gasteiger partial charge in [-0.15, -0.1) is 0 Å². The minimum Gasteiger partial charge on any atom is -0.218 e. The summed E-state index contributed by atoms with van der Waals surface area (Å²) in [6.07, 6.45) is 0. The third-order valence-corrected chi connectivity index (χ3v) is 5.25. The second-order valence-electron chi connectivity index (χ2n) is 4.30. The number of fused-ring (bicyclic) bond motifs is 2. The van der Waals surface area contributed by atoms with E-state index in [0.29, 0.717) is 9.79 Å². The lowest BCUT2D eigenvalue weighted by Crippen LogP contribution is -2.17. The standard InChI is InChI=1S/C14H12O2S/c1-10-11-6-2-4-8-13(11)17(15,16)14-9-5-3-7-12(10)14/h2-10H,1H3. The fourth-order valence-corrected chi connectivity index (χ4v) is 4.31. The highest BCUT2D eigenvalue weighted by Gasteiger charge is 2.32. The predicted octanol–water partition coefficient (Wildman–Crippen LogP) is 2.98. The van der Waals surface area contributed by atoms with E-state index in [1.165, 1.54) is 0 Å². The van der Waals surface area contributed by atoms with Crippen LogP contribution >= 0.6 is 0 Å². The van der Waals surface area contributed by atoms with E-state index in [0.717, 1.165) is 11.1 Å². The molecule has 3 heteroatoms. The Bertz CT molecular complexity index is 633. The number of rotatable bonds is 0. The van der Waals surface area contributed by atoms with Crippen LogP contribution in [0.1, 0.15) is 24.0 Å². The Balaban J connectivity index is 2.42. The Morgan fingerprint density at radius 3 is 1.71 bits per heavy atom. The van der Waals surface area contributed by atoms with E-state index >= 15 is 0 Å². The van der Waals surface area contributed by atoms with Crippen LogP contribution in [0.2, 0.25) is 0 Å². The van der Waals surface area contributed by atoms with Crippen molar-refractivity contribution < 1.29 is 8.42 Å². The van der Waals surface area contributed by atoms with Gasteiger partial charge in [0, 0.05) is 5.92 Å². The summed E-state index contributed by atoms with van der Waals surface area (Å²) >= 11 is 0. The first-order chi connectivity index (χ1) is 8.12. The lowest BCUT2D eigenvalue weighted by atomic mass is 9.92.